The molecule has 3 heteroatoms. The first-order valence-corrected chi connectivity index (χ1v) is 7.68. The minimum absolute atomic E-state index is 0.344. The number of esters is 1. The Morgan fingerprint density at radius 2 is 1.42 bits per heavy atom. The van der Waals surface area contributed by atoms with Crippen LogP contribution in [0, 0.1) is 0 Å². The Hall–Kier alpha value is -0.830. The fourth-order valence-corrected chi connectivity index (χ4v) is 1.80. The predicted molar refractivity (Wildman–Crippen MR) is 79.2 cm³/mol. The second-order valence-electron chi connectivity index (χ2n) is 4.81. The molecule has 112 valence electrons. The quantitative estimate of drug-likeness (QED) is 0.269. The third-order valence-corrected chi connectivity index (χ3v) is 2.99. The first-order chi connectivity index (χ1) is 9.31. The van der Waals surface area contributed by atoms with E-state index in [0.29, 0.717) is 6.61 Å². The Morgan fingerprint density at radius 1 is 0.895 bits per heavy atom. The normalized spacial score (nSPS) is 10.4. The molecule has 0 atom stereocenters. The summed E-state index contributed by atoms with van der Waals surface area (Å²) in [6, 6.07) is 0. The lowest BCUT2D eigenvalue weighted by molar-refractivity contribution is -0.137. The summed E-state index contributed by atoms with van der Waals surface area (Å²) in [6.07, 6.45) is 12.2. The van der Waals surface area contributed by atoms with Crippen LogP contribution in [0.4, 0.5) is 0 Å². The fraction of sp³-hybridized carbons (Fsp3) is 0.812. The van der Waals surface area contributed by atoms with E-state index in [1.54, 1.807) is 0 Å². The monoisotopic (exact) mass is 270 g/mol. The van der Waals surface area contributed by atoms with Crippen molar-refractivity contribution in [3.8, 4) is 0 Å². The number of carbonyl (C=O) groups is 1. The molecular weight excluding hydrogens is 240 g/mol. The van der Waals surface area contributed by atoms with E-state index in [-0.39, 0.29) is 5.97 Å². The van der Waals surface area contributed by atoms with Gasteiger partial charge in [0.05, 0.1) is 6.61 Å². The Kier molecular flexibility index (Phi) is 14.6. The molecule has 0 aromatic rings. The van der Waals surface area contributed by atoms with Crippen LogP contribution in [0.2, 0.25) is 0 Å². The molecule has 0 unspecified atom stereocenters. The Morgan fingerprint density at radius 3 is 2.05 bits per heavy atom. The average molecular weight is 270 g/mol. The molecule has 0 aromatic heterocycles. The molecule has 0 saturated carbocycles. The van der Waals surface area contributed by atoms with Gasteiger partial charge in [0.2, 0.25) is 0 Å². The highest BCUT2D eigenvalue weighted by Crippen LogP contribution is 2.06. The number of carbonyl (C=O) groups excluding carboxylic acids is 1. The molecule has 0 bridgehead atoms. The zero-order valence-electron chi connectivity index (χ0n) is 12.5. The zero-order chi connectivity index (χ0) is 14.2. The van der Waals surface area contributed by atoms with Gasteiger partial charge >= 0.3 is 5.97 Å². The molecule has 0 aliphatic rings. The maximum Gasteiger partial charge on any atom is 0.330 e. The van der Waals surface area contributed by atoms with Gasteiger partial charge in [0.1, 0.15) is 0 Å². The van der Waals surface area contributed by atoms with Gasteiger partial charge in [-0.3, -0.25) is 0 Å². The van der Waals surface area contributed by atoms with Crippen molar-refractivity contribution < 1.29 is 14.3 Å². The van der Waals surface area contributed by atoms with Gasteiger partial charge in [-0.1, -0.05) is 52.0 Å². The summed E-state index contributed by atoms with van der Waals surface area (Å²) in [6.45, 7) is 7.67. The van der Waals surface area contributed by atoms with Crippen molar-refractivity contribution in [1.82, 2.24) is 0 Å². The molecule has 0 aliphatic carbocycles. The van der Waals surface area contributed by atoms with Crippen LogP contribution < -0.4 is 0 Å². The lowest BCUT2D eigenvalue weighted by Gasteiger charge is -2.05. The Labute approximate surface area is 118 Å². The molecule has 19 heavy (non-hydrogen) atoms. The lowest BCUT2D eigenvalue weighted by Crippen LogP contribution is -2.03. The molecule has 0 aliphatic heterocycles. The maximum atomic E-state index is 10.7. The molecule has 0 amide bonds. The van der Waals surface area contributed by atoms with Gasteiger partial charge in [-0.05, 0) is 19.3 Å². The second-order valence-corrected chi connectivity index (χ2v) is 4.81. The van der Waals surface area contributed by atoms with Crippen LogP contribution in [0.1, 0.15) is 64.7 Å². The van der Waals surface area contributed by atoms with Gasteiger partial charge in [-0.25, -0.2) is 4.79 Å². The van der Waals surface area contributed by atoms with Crippen LogP contribution in [0.5, 0.6) is 0 Å². The van der Waals surface area contributed by atoms with Crippen molar-refractivity contribution in [3.63, 3.8) is 0 Å². The Balaban J connectivity index is 2.99. The molecule has 0 radical (unpaired) electrons. The predicted octanol–water partition coefficient (Wildman–Crippen LogP) is 4.26. The lowest BCUT2D eigenvalue weighted by atomic mass is 10.1. The van der Waals surface area contributed by atoms with Gasteiger partial charge in [0, 0.05) is 19.3 Å². The van der Waals surface area contributed by atoms with Gasteiger partial charge in [-0.2, -0.15) is 0 Å². The first kappa shape index (κ1) is 18.2. The third-order valence-electron chi connectivity index (χ3n) is 2.99. The van der Waals surface area contributed by atoms with Crippen LogP contribution in [0.15, 0.2) is 12.7 Å². The zero-order valence-corrected chi connectivity index (χ0v) is 12.5. The smallest absolute Gasteiger partial charge is 0.330 e. The highest BCUT2D eigenvalue weighted by Gasteiger charge is 1.95. The number of hydrogen-bond acceptors (Lipinski definition) is 3. The van der Waals surface area contributed by atoms with E-state index in [4.69, 9.17) is 9.47 Å². The van der Waals surface area contributed by atoms with Crippen molar-refractivity contribution >= 4 is 5.97 Å². The molecular formula is C16H30O3. The summed E-state index contributed by atoms with van der Waals surface area (Å²) in [5.41, 5.74) is 0. The highest BCUT2D eigenvalue weighted by molar-refractivity contribution is 5.81. The number of rotatable bonds is 14. The average Bonchev–Trinajstić information content (AvgIpc) is 2.43. The standard InChI is InChI=1S/C16H30O3/c1-3-5-6-7-8-9-10-13-18-14-11-12-15-19-16(17)4-2/h4H,2-3,5-15H2,1H3. The summed E-state index contributed by atoms with van der Waals surface area (Å²) < 4.78 is 10.4. The molecule has 0 rings (SSSR count). The van der Waals surface area contributed by atoms with Gasteiger partial charge < -0.3 is 9.47 Å². The molecule has 0 spiro atoms. The van der Waals surface area contributed by atoms with E-state index in [1.807, 2.05) is 0 Å². The summed E-state index contributed by atoms with van der Waals surface area (Å²) >= 11 is 0. The summed E-state index contributed by atoms with van der Waals surface area (Å²) in [7, 11) is 0. The van der Waals surface area contributed by atoms with Gasteiger partial charge in [0.15, 0.2) is 0 Å². The van der Waals surface area contributed by atoms with E-state index in [9.17, 15) is 4.79 Å². The second kappa shape index (κ2) is 15.2. The van der Waals surface area contributed by atoms with Gasteiger partial charge in [0.25, 0.3) is 0 Å². The van der Waals surface area contributed by atoms with E-state index in [1.165, 1.54) is 44.6 Å². The van der Waals surface area contributed by atoms with E-state index >= 15 is 0 Å². The minimum Gasteiger partial charge on any atom is -0.463 e. The highest BCUT2D eigenvalue weighted by atomic mass is 16.5. The first-order valence-electron chi connectivity index (χ1n) is 7.68. The number of ether oxygens (including phenoxy) is 2. The van der Waals surface area contributed by atoms with Crippen molar-refractivity contribution in [2.75, 3.05) is 19.8 Å². The fourth-order valence-electron chi connectivity index (χ4n) is 1.80. The molecule has 0 saturated heterocycles. The number of unbranched alkanes of at least 4 members (excludes halogenated alkanes) is 7. The number of hydrogen-bond donors (Lipinski definition) is 0. The van der Waals surface area contributed by atoms with Crippen molar-refractivity contribution in [2.24, 2.45) is 0 Å². The van der Waals surface area contributed by atoms with Crippen LogP contribution in [0.3, 0.4) is 0 Å². The van der Waals surface area contributed by atoms with Crippen molar-refractivity contribution in [2.45, 2.75) is 64.7 Å². The third kappa shape index (κ3) is 15.1. The van der Waals surface area contributed by atoms with Crippen LogP contribution >= 0.6 is 0 Å². The van der Waals surface area contributed by atoms with Crippen LogP contribution in [-0.4, -0.2) is 25.8 Å². The summed E-state index contributed by atoms with van der Waals surface area (Å²) in [5.74, 6) is -0.344. The summed E-state index contributed by atoms with van der Waals surface area (Å²) in [5, 5.41) is 0. The molecule has 0 N–H and O–H groups in total. The van der Waals surface area contributed by atoms with Crippen LogP contribution in [0.25, 0.3) is 0 Å². The van der Waals surface area contributed by atoms with E-state index in [2.05, 4.69) is 13.5 Å². The largest absolute Gasteiger partial charge is 0.463 e. The van der Waals surface area contributed by atoms with E-state index < -0.39 is 0 Å². The van der Waals surface area contributed by atoms with E-state index in [0.717, 1.165) is 32.5 Å². The molecule has 0 aromatic carbocycles. The van der Waals surface area contributed by atoms with Crippen LogP contribution in [-0.2, 0) is 14.3 Å². The molecule has 0 heterocycles. The molecule has 0 fully saturated rings. The molecule has 3 nitrogen and oxygen atoms in total. The SMILES string of the molecule is C=CC(=O)OCCCCOCCCCCCCCC. The Bertz CT molecular complexity index is 214. The van der Waals surface area contributed by atoms with Gasteiger partial charge in [-0.15, -0.1) is 0 Å². The van der Waals surface area contributed by atoms with Crippen molar-refractivity contribution in [3.05, 3.63) is 12.7 Å². The summed E-state index contributed by atoms with van der Waals surface area (Å²) in [4.78, 5) is 10.7. The topological polar surface area (TPSA) is 35.5 Å². The maximum absolute atomic E-state index is 10.7. The van der Waals surface area contributed by atoms with Crippen molar-refractivity contribution in [1.29, 1.82) is 0 Å². The minimum atomic E-state index is -0.344.